The van der Waals surface area contributed by atoms with E-state index >= 15 is 0 Å². The summed E-state index contributed by atoms with van der Waals surface area (Å²) in [5.74, 6) is 0.831. The number of rotatable bonds is 8. The molecular weight excluding hydrogens is 482 g/mol. The maximum atomic E-state index is 13.7. The molecule has 2 N–H and O–H groups in total. The van der Waals surface area contributed by atoms with Crippen LogP contribution in [0.1, 0.15) is 28.5 Å². The summed E-state index contributed by atoms with van der Waals surface area (Å²) in [7, 11) is 1.61. The molecule has 0 aliphatic carbocycles. The number of aromatic nitrogens is 2. The van der Waals surface area contributed by atoms with Gasteiger partial charge in [0, 0.05) is 11.4 Å². The number of hydrogen-bond donors (Lipinski definition) is 2. The largest absolute Gasteiger partial charge is 0.508 e. The van der Waals surface area contributed by atoms with Crippen LogP contribution in [0.2, 0.25) is 0 Å². The number of thiophene rings is 1. The number of ether oxygens (including phenoxy) is 1. The third kappa shape index (κ3) is 5.21. The van der Waals surface area contributed by atoms with Crippen LogP contribution >= 0.6 is 23.1 Å². The molecule has 182 valence electrons. The number of thioether (sulfide) groups is 1. The van der Waals surface area contributed by atoms with Gasteiger partial charge in [-0.3, -0.25) is 14.2 Å². The van der Waals surface area contributed by atoms with Gasteiger partial charge in [0.1, 0.15) is 16.3 Å². The van der Waals surface area contributed by atoms with Crippen molar-refractivity contribution in [3.63, 3.8) is 0 Å². The molecule has 0 spiro atoms. The van der Waals surface area contributed by atoms with E-state index in [9.17, 15) is 14.7 Å². The van der Waals surface area contributed by atoms with E-state index in [1.807, 2.05) is 45.0 Å². The Labute approximate surface area is 211 Å². The molecule has 0 saturated carbocycles. The lowest BCUT2D eigenvalue weighted by Crippen LogP contribution is -2.26. The third-order valence-electron chi connectivity index (χ3n) is 5.75. The van der Waals surface area contributed by atoms with E-state index in [0.29, 0.717) is 27.6 Å². The van der Waals surface area contributed by atoms with Crippen LogP contribution < -0.4 is 15.6 Å². The number of phenols is 1. The van der Waals surface area contributed by atoms with E-state index in [-0.39, 0.29) is 23.0 Å². The van der Waals surface area contributed by atoms with E-state index in [4.69, 9.17) is 9.72 Å². The Kier molecular flexibility index (Phi) is 7.47. The molecular formula is C26H27N3O4S2. The average Bonchev–Trinajstić information content (AvgIpc) is 3.17. The fourth-order valence-corrected chi connectivity index (χ4v) is 5.94. The van der Waals surface area contributed by atoms with Gasteiger partial charge in [0.15, 0.2) is 5.16 Å². The minimum atomic E-state index is -0.161. The predicted molar refractivity (Wildman–Crippen MR) is 141 cm³/mol. The van der Waals surface area contributed by atoms with Gasteiger partial charge in [-0.15, -0.1) is 11.3 Å². The predicted octanol–water partition coefficient (Wildman–Crippen LogP) is 4.75. The number of fused-ring (bicyclic) bond motifs is 1. The fraction of sp³-hybridized carbons (Fsp3) is 0.269. The summed E-state index contributed by atoms with van der Waals surface area (Å²) in [4.78, 5) is 32.9. The Hall–Kier alpha value is -3.30. The summed E-state index contributed by atoms with van der Waals surface area (Å²) >= 11 is 2.72. The second-order valence-electron chi connectivity index (χ2n) is 8.09. The number of phenolic OH excluding ortho intramolecular Hbond substituents is 1. The van der Waals surface area contributed by atoms with Crippen molar-refractivity contribution in [2.45, 2.75) is 38.9 Å². The number of benzene rings is 2. The number of methoxy groups -OCH3 is 1. The summed E-state index contributed by atoms with van der Waals surface area (Å²) in [6, 6.07) is 12.4. The minimum absolute atomic E-state index is 0.107. The van der Waals surface area contributed by atoms with E-state index in [1.165, 1.54) is 23.1 Å². The zero-order valence-electron chi connectivity index (χ0n) is 20.0. The number of carbonyl (C=O) groups is 1. The number of nitrogens with one attached hydrogen (secondary N) is 1. The molecule has 0 radical (unpaired) electrons. The molecule has 0 saturated heterocycles. The molecule has 9 heteroatoms. The Morgan fingerprint density at radius 2 is 1.94 bits per heavy atom. The van der Waals surface area contributed by atoms with Crippen molar-refractivity contribution in [2.75, 3.05) is 12.9 Å². The molecule has 0 aliphatic rings. The Morgan fingerprint density at radius 1 is 1.20 bits per heavy atom. The molecule has 2 aromatic heterocycles. The van der Waals surface area contributed by atoms with Crippen LogP contribution in [0.15, 0.2) is 52.4 Å². The van der Waals surface area contributed by atoms with Crippen LogP contribution in [0.3, 0.4) is 0 Å². The molecule has 7 nitrogen and oxygen atoms in total. The van der Waals surface area contributed by atoms with Crippen LogP contribution in [0.4, 0.5) is 0 Å². The van der Waals surface area contributed by atoms with Gasteiger partial charge < -0.3 is 15.2 Å². The first kappa shape index (κ1) is 24.8. The van der Waals surface area contributed by atoms with Gasteiger partial charge >= 0.3 is 0 Å². The molecule has 0 aliphatic heterocycles. The number of aromatic hydroxyl groups is 1. The fourth-order valence-electron chi connectivity index (χ4n) is 3.95. The highest BCUT2D eigenvalue weighted by Crippen LogP contribution is 2.31. The summed E-state index contributed by atoms with van der Waals surface area (Å²) in [5.41, 5.74) is 3.17. The lowest BCUT2D eigenvalue weighted by Gasteiger charge is -2.15. The Balaban J connectivity index is 1.64. The second kappa shape index (κ2) is 10.5. The Bertz CT molecular complexity index is 1440. The van der Waals surface area contributed by atoms with Crippen LogP contribution in [0, 0.1) is 13.8 Å². The van der Waals surface area contributed by atoms with Gasteiger partial charge in [0.25, 0.3) is 5.56 Å². The summed E-state index contributed by atoms with van der Waals surface area (Å²) in [6.45, 7) is 6.26. The summed E-state index contributed by atoms with van der Waals surface area (Å²) < 4.78 is 6.72. The van der Waals surface area contributed by atoms with Gasteiger partial charge in [0.2, 0.25) is 5.91 Å². The Morgan fingerprint density at radius 3 is 2.60 bits per heavy atom. The maximum Gasteiger partial charge on any atom is 0.267 e. The average molecular weight is 510 g/mol. The highest BCUT2D eigenvalue weighted by Gasteiger charge is 2.20. The second-order valence-corrected chi connectivity index (χ2v) is 10.2. The standard InChI is InChI=1S/C26H27N3O4S2/c1-5-20-16(3)35-24-23(20)25(32)29(21-11-8-18(30)12-15(21)2)26(28-24)34-14-22(31)27-13-17-6-9-19(33-4)10-7-17/h6-12,30H,5,13-14H2,1-4H3,(H,27,31). The van der Waals surface area contributed by atoms with E-state index in [0.717, 1.165) is 33.7 Å². The van der Waals surface area contributed by atoms with Gasteiger partial charge in [0.05, 0.1) is 23.9 Å². The van der Waals surface area contributed by atoms with Crippen LogP contribution in [-0.4, -0.2) is 33.4 Å². The summed E-state index contributed by atoms with van der Waals surface area (Å²) in [6.07, 6.45) is 0.734. The first-order chi connectivity index (χ1) is 16.8. The van der Waals surface area contributed by atoms with Crippen molar-refractivity contribution in [2.24, 2.45) is 0 Å². The molecule has 1 amide bonds. The molecule has 2 heterocycles. The molecule has 4 rings (SSSR count). The SMILES string of the molecule is CCc1c(C)sc2nc(SCC(=O)NCc3ccc(OC)cc3)n(-c3ccc(O)cc3C)c(=O)c12. The lowest BCUT2D eigenvalue weighted by molar-refractivity contribution is -0.118. The first-order valence-electron chi connectivity index (χ1n) is 11.2. The lowest BCUT2D eigenvalue weighted by atomic mass is 10.1. The number of carbonyl (C=O) groups excluding carboxylic acids is 1. The molecule has 0 bridgehead atoms. The van der Waals surface area contributed by atoms with Crippen molar-refractivity contribution < 1.29 is 14.6 Å². The topological polar surface area (TPSA) is 93.4 Å². The monoisotopic (exact) mass is 509 g/mol. The van der Waals surface area contributed by atoms with Crippen molar-refractivity contribution >= 4 is 39.2 Å². The number of nitrogens with zero attached hydrogens (tertiary/aromatic N) is 2. The maximum absolute atomic E-state index is 13.7. The van der Waals surface area contributed by atoms with Gasteiger partial charge in [-0.25, -0.2) is 4.98 Å². The van der Waals surface area contributed by atoms with Crippen LogP contribution in [0.25, 0.3) is 15.9 Å². The number of aryl methyl sites for hydroxylation is 3. The van der Waals surface area contributed by atoms with E-state index in [2.05, 4.69) is 5.32 Å². The molecule has 2 aromatic carbocycles. The van der Waals surface area contributed by atoms with Gasteiger partial charge in [-0.1, -0.05) is 30.8 Å². The number of amides is 1. The van der Waals surface area contributed by atoms with E-state index < -0.39 is 0 Å². The normalized spacial score (nSPS) is 11.1. The van der Waals surface area contributed by atoms with Crippen molar-refractivity contribution in [3.8, 4) is 17.2 Å². The smallest absolute Gasteiger partial charge is 0.267 e. The van der Waals surface area contributed by atoms with Crippen LogP contribution in [-0.2, 0) is 17.8 Å². The van der Waals surface area contributed by atoms with Crippen molar-refractivity contribution in [1.82, 2.24) is 14.9 Å². The molecule has 35 heavy (non-hydrogen) atoms. The molecule has 0 atom stereocenters. The van der Waals surface area contributed by atoms with Crippen molar-refractivity contribution in [1.29, 1.82) is 0 Å². The highest BCUT2D eigenvalue weighted by atomic mass is 32.2. The number of hydrogen-bond acceptors (Lipinski definition) is 7. The first-order valence-corrected chi connectivity index (χ1v) is 13.0. The quantitative estimate of drug-likeness (QED) is 0.263. The van der Waals surface area contributed by atoms with Crippen molar-refractivity contribution in [3.05, 3.63) is 74.4 Å². The van der Waals surface area contributed by atoms with Crippen LogP contribution in [0.5, 0.6) is 11.5 Å². The third-order valence-corrected chi connectivity index (χ3v) is 7.73. The molecule has 0 fully saturated rings. The highest BCUT2D eigenvalue weighted by molar-refractivity contribution is 7.99. The zero-order valence-corrected chi connectivity index (χ0v) is 21.7. The minimum Gasteiger partial charge on any atom is -0.508 e. The zero-order chi connectivity index (χ0) is 25.1. The van der Waals surface area contributed by atoms with Gasteiger partial charge in [-0.05, 0) is 67.3 Å². The molecule has 4 aromatic rings. The molecule has 0 unspecified atom stereocenters. The summed E-state index contributed by atoms with van der Waals surface area (Å²) in [5, 5.41) is 13.9. The van der Waals surface area contributed by atoms with Gasteiger partial charge in [-0.2, -0.15) is 0 Å². The van der Waals surface area contributed by atoms with E-state index in [1.54, 1.807) is 29.9 Å².